The Balaban J connectivity index is 2.34. The minimum absolute atomic E-state index is 0.0561. The maximum atomic E-state index is 8.05. The first kappa shape index (κ1) is 6.27. The molecule has 0 aliphatic carbocycles. The summed E-state index contributed by atoms with van der Waals surface area (Å²) in [6, 6.07) is 0. The molecule has 2 N–H and O–H groups in total. The molecule has 38 valence electrons. The van der Waals surface area contributed by atoms with Gasteiger partial charge in [0.1, 0.15) is 0 Å². The van der Waals surface area contributed by atoms with E-state index >= 15 is 0 Å². The Morgan fingerprint density at radius 2 is 2.33 bits per heavy atom. The van der Waals surface area contributed by atoms with E-state index < -0.39 is 0 Å². The first-order valence-electron chi connectivity index (χ1n) is 1.84. The van der Waals surface area contributed by atoms with Crippen LogP contribution in [0.1, 0.15) is 0 Å². The van der Waals surface area contributed by atoms with Crippen molar-refractivity contribution in [2.24, 2.45) is 0 Å². The first-order chi connectivity index (χ1) is 2.91. The molecule has 0 heterocycles. The van der Waals surface area contributed by atoms with Gasteiger partial charge >= 0.3 is 0 Å². The fourth-order valence-corrected chi connectivity index (χ4v) is 0.316. The predicted molar refractivity (Wildman–Crippen MR) is 28.9 cm³/mol. The van der Waals surface area contributed by atoms with Crippen molar-refractivity contribution in [1.82, 2.24) is 5.32 Å². The van der Waals surface area contributed by atoms with Crippen molar-refractivity contribution in [1.29, 1.82) is 0 Å². The van der Waals surface area contributed by atoms with E-state index in [0.717, 1.165) is 12.3 Å². The zero-order chi connectivity index (χ0) is 4.83. The van der Waals surface area contributed by atoms with E-state index in [1.54, 1.807) is 0 Å². The molecule has 0 rings (SSSR count). The highest BCUT2D eigenvalue weighted by Crippen LogP contribution is 1.64. The molecule has 0 saturated heterocycles. The summed E-state index contributed by atoms with van der Waals surface area (Å²) in [5, 5.41) is 10.7. The molecule has 0 spiro atoms. The van der Waals surface area contributed by atoms with Crippen LogP contribution in [0.3, 0.4) is 0 Å². The van der Waals surface area contributed by atoms with Crippen LogP contribution < -0.4 is 5.32 Å². The molecule has 0 aliphatic rings. The lowest BCUT2D eigenvalue weighted by atomic mass is 10.8. The fourth-order valence-electron chi connectivity index (χ4n) is 0.158. The molecule has 0 unspecified atom stereocenters. The minimum atomic E-state index is 0.0561. The number of aliphatic hydroxyl groups excluding tert-OH is 1. The van der Waals surface area contributed by atoms with E-state index in [1.807, 2.05) is 0 Å². The molecule has 0 radical (unpaired) electrons. The smallest absolute Gasteiger partial charge is 0.0931 e. The first-order valence-corrected chi connectivity index (χ1v) is 2.47. The third-order valence-electron chi connectivity index (χ3n) is 0.400. The van der Waals surface area contributed by atoms with Crippen LogP contribution in [-0.2, 0) is 0 Å². The van der Waals surface area contributed by atoms with Gasteiger partial charge < -0.3 is 5.11 Å². The second-order valence-corrected chi connectivity index (χ2v) is 1.33. The fraction of sp³-hybridized carbons (Fsp3) is 1.00. The molecular formula is C3H9NOS. The summed E-state index contributed by atoms with van der Waals surface area (Å²) in [5.74, 6) is 0.778. The van der Waals surface area contributed by atoms with Crippen molar-refractivity contribution in [2.75, 3.05) is 19.0 Å². The van der Waals surface area contributed by atoms with Crippen molar-refractivity contribution in [3.63, 3.8) is 0 Å². The topological polar surface area (TPSA) is 32.3 Å². The number of thiol groups is 1. The molecule has 2 nitrogen and oxygen atoms in total. The molecule has 6 heavy (non-hydrogen) atoms. The molecule has 0 aliphatic heterocycles. The Bertz CT molecular complexity index is 22.8. The van der Waals surface area contributed by atoms with Gasteiger partial charge in [-0.15, -0.1) is 0 Å². The lowest BCUT2D eigenvalue weighted by Crippen LogP contribution is -2.16. The third kappa shape index (κ3) is 4.27. The standard InChI is InChI=1S/C3H9NOS/c5-3-4-1-2-6/h4-6H,1-3H2. The van der Waals surface area contributed by atoms with Gasteiger partial charge in [-0.3, -0.25) is 5.32 Å². The van der Waals surface area contributed by atoms with Gasteiger partial charge in [0.15, 0.2) is 0 Å². The minimum Gasteiger partial charge on any atom is -0.381 e. The van der Waals surface area contributed by atoms with Crippen molar-refractivity contribution in [3.8, 4) is 0 Å². The highest BCUT2D eigenvalue weighted by Gasteiger charge is 1.72. The summed E-state index contributed by atoms with van der Waals surface area (Å²) in [4.78, 5) is 0. The molecule has 0 aromatic heterocycles. The van der Waals surface area contributed by atoms with Crippen LogP contribution in [0.25, 0.3) is 0 Å². The average molecular weight is 107 g/mol. The maximum absolute atomic E-state index is 8.05. The molecule has 0 aromatic rings. The molecule has 0 bridgehead atoms. The van der Waals surface area contributed by atoms with Crippen molar-refractivity contribution in [3.05, 3.63) is 0 Å². The van der Waals surface area contributed by atoms with Crippen LogP contribution in [0.4, 0.5) is 0 Å². The van der Waals surface area contributed by atoms with Gasteiger partial charge in [0.05, 0.1) is 6.73 Å². The molecule has 3 heteroatoms. The van der Waals surface area contributed by atoms with Gasteiger partial charge in [-0.2, -0.15) is 12.6 Å². The monoisotopic (exact) mass is 107 g/mol. The lowest BCUT2D eigenvalue weighted by molar-refractivity contribution is 0.265. The number of hydrogen-bond acceptors (Lipinski definition) is 3. The lowest BCUT2D eigenvalue weighted by Gasteiger charge is -1.90. The van der Waals surface area contributed by atoms with Gasteiger partial charge in [0.25, 0.3) is 0 Å². The van der Waals surface area contributed by atoms with Crippen LogP contribution in [0.5, 0.6) is 0 Å². The van der Waals surface area contributed by atoms with Crippen LogP contribution >= 0.6 is 12.6 Å². The maximum Gasteiger partial charge on any atom is 0.0931 e. The van der Waals surface area contributed by atoms with Crippen molar-refractivity contribution in [2.45, 2.75) is 0 Å². The van der Waals surface area contributed by atoms with Gasteiger partial charge in [0.2, 0.25) is 0 Å². The van der Waals surface area contributed by atoms with Crippen molar-refractivity contribution >= 4 is 12.6 Å². The Kier molecular flexibility index (Phi) is 5.51. The zero-order valence-electron chi connectivity index (χ0n) is 3.52. The second-order valence-electron chi connectivity index (χ2n) is 0.882. The molecule has 0 amide bonds. The van der Waals surface area contributed by atoms with E-state index in [0.29, 0.717) is 0 Å². The quantitative estimate of drug-likeness (QED) is 0.257. The second kappa shape index (κ2) is 5.27. The average Bonchev–Trinajstić information content (AvgIpc) is 1.61. The summed E-state index contributed by atoms with van der Waals surface area (Å²) < 4.78 is 0. The van der Waals surface area contributed by atoms with E-state index in [-0.39, 0.29) is 6.73 Å². The number of aliphatic hydroxyl groups is 1. The number of nitrogens with one attached hydrogen (secondary N) is 1. The number of rotatable bonds is 3. The van der Waals surface area contributed by atoms with Gasteiger partial charge in [-0.25, -0.2) is 0 Å². The van der Waals surface area contributed by atoms with Crippen LogP contribution in [0.15, 0.2) is 0 Å². The van der Waals surface area contributed by atoms with Crippen molar-refractivity contribution < 1.29 is 5.11 Å². The zero-order valence-corrected chi connectivity index (χ0v) is 4.41. The van der Waals surface area contributed by atoms with E-state index in [9.17, 15) is 0 Å². The molecular weight excluding hydrogens is 98.1 g/mol. The normalized spacial score (nSPS) is 9.00. The van der Waals surface area contributed by atoms with Gasteiger partial charge in [-0.1, -0.05) is 0 Å². The molecule has 0 aromatic carbocycles. The Labute approximate surface area is 43.0 Å². The van der Waals surface area contributed by atoms with Gasteiger partial charge in [-0.05, 0) is 0 Å². The molecule has 0 fully saturated rings. The summed E-state index contributed by atoms with van der Waals surface area (Å²) in [6.07, 6.45) is 0. The van der Waals surface area contributed by atoms with Crippen LogP contribution in [0.2, 0.25) is 0 Å². The van der Waals surface area contributed by atoms with E-state index in [1.165, 1.54) is 0 Å². The van der Waals surface area contributed by atoms with E-state index in [2.05, 4.69) is 17.9 Å². The third-order valence-corrected chi connectivity index (χ3v) is 0.624. The van der Waals surface area contributed by atoms with Crippen LogP contribution in [0, 0.1) is 0 Å². The molecule has 0 saturated carbocycles. The Morgan fingerprint density at radius 3 is 2.50 bits per heavy atom. The summed E-state index contributed by atoms with van der Waals surface area (Å²) >= 11 is 3.88. The largest absolute Gasteiger partial charge is 0.381 e. The molecule has 0 atom stereocenters. The van der Waals surface area contributed by atoms with Gasteiger partial charge in [0, 0.05) is 12.3 Å². The SMILES string of the molecule is OCNCCS. The summed E-state index contributed by atoms with van der Waals surface area (Å²) in [5.41, 5.74) is 0. The summed E-state index contributed by atoms with van der Waals surface area (Å²) in [6.45, 7) is 0.834. The Hall–Kier alpha value is 0.270. The predicted octanol–water partition coefficient (Wildman–Crippen LogP) is -0.544. The highest BCUT2D eigenvalue weighted by atomic mass is 32.1. The summed E-state index contributed by atoms with van der Waals surface area (Å²) in [7, 11) is 0. The number of hydrogen-bond donors (Lipinski definition) is 3. The Morgan fingerprint density at radius 1 is 1.67 bits per heavy atom. The highest BCUT2D eigenvalue weighted by molar-refractivity contribution is 7.80. The van der Waals surface area contributed by atoms with E-state index in [4.69, 9.17) is 5.11 Å². The van der Waals surface area contributed by atoms with Crippen LogP contribution in [-0.4, -0.2) is 24.1 Å².